The minimum atomic E-state index is -3.66. The van der Waals surface area contributed by atoms with Crippen LogP contribution in [0.4, 0.5) is 5.69 Å². The van der Waals surface area contributed by atoms with Crippen LogP contribution in [-0.4, -0.2) is 39.7 Å². The maximum absolute atomic E-state index is 12.4. The van der Waals surface area contributed by atoms with Crippen LogP contribution in [0.5, 0.6) is 0 Å². The predicted molar refractivity (Wildman–Crippen MR) is 79.3 cm³/mol. The van der Waals surface area contributed by atoms with Crippen molar-refractivity contribution in [2.45, 2.75) is 37.8 Å². The SMILES string of the molecule is CCCC(COC)NS(=O)(=O)c1ncccc1NCC. The van der Waals surface area contributed by atoms with E-state index >= 15 is 0 Å². The molecular weight excluding hydrogens is 278 g/mol. The fourth-order valence-corrected chi connectivity index (χ4v) is 3.30. The third-order valence-electron chi connectivity index (χ3n) is 2.72. The molecule has 2 N–H and O–H groups in total. The summed E-state index contributed by atoms with van der Waals surface area (Å²) in [4.78, 5) is 3.99. The summed E-state index contributed by atoms with van der Waals surface area (Å²) in [7, 11) is -2.10. The standard InChI is InChI=1S/C13H23N3O3S/c1-4-7-11(10-19-3)16-20(17,18)13-12(14-5-2)8-6-9-15-13/h6,8-9,11,14,16H,4-5,7,10H2,1-3H3. The molecule has 6 nitrogen and oxygen atoms in total. The zero-order chi connectivity index (χ0) is 15.0. The second-order valence-electron chi connectivity index (χ2n) is 4.45. The number of nitrogens with one attached hydrogen (secondary N) is 2. The second kappa shape index (κ2) is 8.18. The normalized spacial score (nSPS) is 13.2. The number of rotatable bonds is 9. The van der Waals surface area contributed by atoms with Crippen LogP contribution in [-0.2, 0) is 14.8 Å². The molecule has 0 aliphatic rings. The van der Waals surface area contributed by atoms with Gasteiger partial charge in [-0.2, -0.15) is 0 Å². The number of aromatic nitrogens is 1. The van der Waals surface area contributed by atoms with Crippen molar-refractivity contribution < 1.29 is 13.2 Å². The lowest BCUT2D eigenvalue weighted by Gasteiger charge is -2.18. The van der Waals surface area contributed by atoms with Gasteiger partial charge in [0.25, 0.3) is 10.0 Å². The van der Waals surface area contributed by atoms with Gasteiger partial charge in [-0.3, -0.25) is 0 Å². The van der Waals surface area contributed by atoms with E-state index in [1.165, 1.54) is 6.20 Å². The van der Waals surface area contributed by atoms with Crippen molar-refractivity contribution in [1.82, 2.24) is 9.71 Å². The number of ether oxygens (including phenoxy) is 1. The van der Waals surface area contributed by atoms with Crippen molar-refractivity contribution in [3.05, 3.63) is 18.3 Å². The van der Waals surface area contributed by atoms with Crippen molar-refractivity contribution in [2.75, 3.05) is 25.6 Å². The van der Waals surface area contributed by atoms with Crippen LogP contribution in [0.2, 0.25) is 0 Å². The van der Waals surface area contributed by atoms with Crippen LogP contribution in [0, 0.1) is 0 Å². The van der Waals surface area contributed by atoms with Crippen molar-refractivity contribution in [3.8, 4) is 0 Å². The predicted octanol–water partition coefficient (Wildman–Crippen LogP) is 1.61. The summed E-state index contributed by atoms with van der Waals surface area (Å²) in [5.41, 5.74) is 0.509. The van der Waals surface area contributed by atoms with Crippen LogP contribution >= 0.6 is 0 Å². The van der Waals surface area contributed by atoms with Crippen LogP contribution in [0.3, 0.4) is 0 Å². The highest BCUT2D eigenvalue weighted by Gasteiger charge is 2.23. The number of sulfonamides is 1. The van der Waals surface area contributed by atoms with Gasteiger partial charge in [-0.05, 0) is 25.5 Å². The first-order chi connectivity index (χ1) is 9.55. The highest BCUT2D eigenvalue weighted by atomic mass is 32.2. The smallest absolute Gasteiger partial charge is 0.260 e. The first-order valence-corrected chi connectivity index (χ1v) is 8.23. The molecule has 20 heavy (non-hydrogen) atoms. The third kappa shape index (κ3) is 4.73. The zero-order valence-electron chi connectivity index (χ0n) is 12.2. The van der Waals surface area contributed by atoms with Crippen LogP contribution in [0.25, 0.3) is 0 Å². The number of hydrogen-bond acceptors (Lipinski definition) is 5. The van der Waals surface area contributed by atoms with Crippen molar-refractivity contribution in [3.63, 3.8) is 0 Å². The number of nitrogens with zero attached hydrogens (tertiary/aromatic N) is 1. The van der Waals surface area contributed by atoms with E-state index < -0.39 is 10.0 Å². The molecule has 1 rings (SSSR count). The lowest BCUT2D eigenvalue weighted by atomic mass is 10.2. The number of methoxy groups -OCH3 is 1. The summed E-state index contributed by atoms with van der Waals surface area (Å²) in [5.74, 6) is 0. The monoisotopic (exact) mass is 301 g/mol. The molecule has 0 aliphatic heterocycles. The molecular formula is C13H23N3O3S. The molecule has 1 aromatic heterocycles. The summed E-state index contributed by atoms with van der Waals surface area (Å²) in [5, 5.41) is 3.03. The first-order valence-electron chi connectivity index (χ1n) is 6.75. The van der Waals surface area contributed by atoms with E-state index in [1.54, 1.807) is 19.2 Å². The van der Waals surface area contributed by atoms with Crippen LogP contribution < -0.4 is 10.0 Å². The van der Waals surface area contributed by atoms with Gasteiger partial charge in [-0.15, -0.1) is 0 Å². The van der Waals surface area contributed by atoms with Gasteiger partial charge in [-0.25, -0.2) is 18.1 Å². The van der Waals surface area contributed by atoms with Crippen molar-refractivity contribution >= 4 is 15.7 Å². The molecule has 7 heteroatoms. The Morgan fingerprint density at radius 3 is 2.75 bits per heavy atom. The minimum absolute atomic E-state index is 0.0269. The van der Waals surface area contributed by atoms with E-state index in [-0.39, 0.29) is 11.1 Å². The largest absolute Gasteiger partial charge is 0.383 e. The van der Waals surface area contributed by atoms with Gasteiger partial charge >= 0.3 is 0 Å². The fourth-order valence-electron chi connectivity index (χ4n) is 1.93. The van der Waals surface area contributed by atoms with Gasteiger partial charge in [-0.1, -0.05) is 13.3 Å². The van der Waals surface area contributed by atoms with Gasteiger partial charge in [0.15, 0.2) is 5.03 Å². The molecule has 0 saturated carbocycles. The number of anilines is 1. The molecule has 0 amide bonds. The zero-order valence-corrected chi connectivity index (χ0v) is 13.0. The van der Waals surface area contributed by atoms with Gasteiger partial charge in [0.1, 0.15) is 0 Å². The number of pyridine rings is 1. The maximum Gasteiger partial charge on any atom is 0.260 e. The lowest BCUT2D eigenvalue weighted by molar-refractivity contribution is 0.171. The Morgan fingerprint density at radius 1 is 1.40 bits per heavy atom. The average Bonchev–Trinajstić information content (AvgIpc) is 2.40. The highest BCUT2D eigenvalue weighted by molar-refractivity contribution is 7.89. The third-order valence-corrected chi connectivity index (χ3v) is 4.20. The van der Waals surface area contributed by atoms with Crippen LogP contribution in [0.15, 0.2) is 23.4 Å². The molecule has 0 aliphatic carbocycles. The van der Waals surface area contributed by atoms with E-state index in [0.29, 0.717) is 18.8 Å². The minimum Gasteiger partial charge on any atom is -0.383 e. The average molecular weight is 301 g/mol. The summed E-state index contributed by atoms with van der Waals surface area (Å²) in [6.07, 6.45) is 3.07. The molecule has 0 fully saturated rings. The van der Waals surface area contributed by atoms with E-state index in [2.05, 4.69) is 15.0 Å². The van der Waals surface area contributed by atoms with Crippen molar-refractivity contribution in [1.29, 1.82) is 0 Å². The van der Waals surface area contributed by atoms with E-state index in [4.69, 9.17) is 4.74 Å². The highest BCUT2D eigenvalue weighted by Crippen LogP contribution is 2.18. The Hall–Kier alpha value is -1.18. The summed E-state index contributed by atoms with van der Waals surface area (Å²) < 4.78 is 32.5. The fraction of sp³-hybridized carbons (Fsp3) is 0.615. The van der Waals surface area contributed by atoms with E-state index in [9.17, 15) is 8.42 Å². The molecule has 1 unspecified atom stereocenters. The molecule has 0 bridgehead atoms. The number of hydrogen-bond donors (Lipinski definition) is 2. The quantitative estimate of drug-likeness (QED) is 0.724. The molecule has 1 heterocycles. The molecule has 0 aromatic carbocycles. The van der Waals surface area contributed by atoms with Gasteiger partial charge in [0, 0.05) is 25.9 Å². The Morgan fingerprint density at radius 2 is 2.15 bits per heavy atom. The maximum atomic E-state index is 12.4. The Kier molecular flexibility index (Phi) is 6.90. The Balaban J connectivity index is 2.97. The van der Waals surface area contributed by atoms with Gasteiger partial charge in [0.05, 0.1) is 12.3 Å². The first kappa shape index (κ1) is 16.9. The topological polar surface area (TPSA) is 80.3 Å². The van der Waals surface area contributed by atoms with Gasteiger partial charge in [0.2, 0.25) is 0 Å². The molecule has 114 valence electrons. The molecule has 0 spiro atoms. The second-order valence-corrected chi connectivity index (χ2v) is 6.08. The van der Waals surface area contributed by atoms with Crippen LogP contribution in [0.1, 0.15) is 26.7 Å². The summed E-state index contributed by atoms with van der Waals surface area (Å²) in [6.45, 7) is 4.88. The Bertz CT molecular complexity index is 499. The van der Waals surface area contributed by atoms with Gasteiger partial charge < -0.3 is 10.1 Å². The molecule has 0 saturated heterocycles. The lowest BCUT2D eigenvalue weighted by Crippen LogP contribution is -2.38. The van der Waals surface area contributed by atoms with Crippen molar-refractivity contribution in [2.24, 2.45) is 0 Å². The summed E-state index contributed by atoms with van der Waals surface area (Å²) in [6, 6.07) is 3.16. The summed E-state index contributed by atoms with van der Waals surface area (Å²) >= 11 is 0. The molecule has 0 radical (unpaired) electrons. The van der Waals surface area contributed by atoms with E-state index in [0.717, 1.165) is 12.8 Å². The van der Waals surface area contributed by atoms with E-state index in [1.807, 2.05) is 13.8 Å². The molecule has 1 aromatic rings. The molecule has 1 atom stereocenters. The Labute approximate surface area is 121 Å².